The van der Waals surface area contributed by atoms with E-state index in [2.05, 4.69) is 0 Å². The van der Waals surface area contributed by atoms with Gasteiger partial charge < -0.3 is 4.90 Å². The number of aryl methyl sites for hydroxylation is 2. The Morgan fingerprint density at radius 2 is 1.28 bits per heavy atom. The number of rotatable bonds is 5. The molecule has 32 heavy (non-hydrogen) atoms. The summed E-state index contributed by atoms with van der Waals surface area (Å²) in [5.74, 6) is -0.397. The first-order valence-electron chi connectivity index (χ1n) is 10.8. The number of carbonyl (C=O) groups is 1. The Balaban J connectivity index is 1.52. The van der Waals surface area contributed by atoms with Crippen molar-refractivity contribution >= 4 is 15.9 Å². The Morgan fingerprint density at radius 1 is 0.750 bits per heavy atom. The van der Waals surface area contributed by atoms with Crippen molar-refractivity contribution in [1.29, 1.82) is 0 Å². The van der Waals surface area contributed by atoms with E-state index in [4.69, 9.17) is 0 Å². The summed E-state index contributed by atoms with van der Waals surface area (Å²) in [5.41, 5.74) is 3.89. The van der Waals surface area contributed by atoms with Crippen LogP contribution in [-0.4, -0.2) is 49.7 Å². The van der Waals surface area contributed by atoms with Gasteiger partial charge in [-0.25, -0.2) is 8.42 Å². The molecule has 0 saturated carbocycles. The zero-order valence-corrected chi connectivity index (χ0v) is 19.3. The second-order valence-corrected chi connectivity index (χ2v) is 10.2. The van der Waals surface area contributed by atoms with Gasteiger partial charge in [-0.3, -0.25) is 4.79 Å². The maximum absolute atomic E-state index is 13.6. The highest BCUT2D eigenvalue weighted by Gasteiger charge is 2.33. The fourth-order valence-electron chi connectivity index (χ4n) is 4.12. The minimum atomic E-state index is -3.58. The van der Waals surface area contributed by atoms with Crippen LogP contribution in [0.3, 0.4) is 0 Å². The number of amides is 1. The van der Waals surface area contributed by atoms with E-state index in [9.17, 15) is 13.2 Å². The molecule has 1 aliphatic rings. The van der Waals surface area contributed by atoms with Crippen LogP contribution in [0.25, 0.3) is 0 Å². The fraction of sp³-hybridized carbons (Fsp3) is 0.269. The van der Waals surface area contributed by atoms with Crippen LogP contribution >= 0.6 is 0 Å². The van der Waals surface area contributed by atoms with Crippen LogP contribution in [0.1, 0.15) is 28.2 Å². The number of hydrogen-bond donors (Lipinski definition) is 0. The van der Waals surface area contributed by atoms with Gasteiger partial charge in [0, 0.05) is 26.2 Å². The molecule has 1 heterocycles. The smallest absolute Gasteiger partial charge is 0.243 e. The molecule has 1 fully saturated rings. The maximum Gasteiger partial charge on any atom is 0.243 e. The van der Waals surface area contributed by atoms with Gasteiger partial charge in [0.15, 0.2) is 0 Å². The largest absolute Gasteiger partial charge is 0.339 e. The van der Waals surface area contributed by atoms with Gasteiger partial charge in [0.25, 0.3) is 0 Å². The Kier molecular flexibility index (Phi) is 6.44. The first kappa shape index (κ1) is 22.2. The van der Waals surface area contributed by atoms with Crippen LogP contribution in [0.2, 0.25) is 0 Å². The SMILES string of the molecule is Cc1ccc(S(=O)(=O)N2CCN(C(=O)C(c3ccccc3)c3ccccc3)CC2)cc1C. The van der Waals surface area contributed by atoms with E-state index in [1.807, 2.05) is 80.6 Å². The van der Waals surface area contributed by atoms with Gasteiger partial charge in [-0.1, -0.05) is 66.7 Å². The van der Waals surface area contributed by atoms with Crippen LogP contribution in [0, 0.1) is 13.8 Å². The average molecular weight is 449 g/mol. The van der Waals surface area contributed by atoms with Crippen molar-refractivity contribution in [2.45, 2.75) is 24.7 Å². The zero-order chi connectivity index (χ0) is 22.7. The molecule has 0 atom stereocenters. The molecule has 1 aliphatic heterocycles. The molecular formula is C26H28N2O3S. The van der Waals surface area contributed by atoms with Crippen molar-refractivity contribution in [3.63, 3.8) is 0 Å². The van der Waals surface area contributed by atoms with Gasteiger partial charge in [-0.15, -0.1) is 0 Å². The van der Waals surface area contributed by atoms with Gasteiger partial charge in [0.1, 0.15) is 0 Å². The highest BCUT2D eigenvalue weighted by Crippen LogP contribution is 2.28. The summed E-state index contributed by atoms with van der Waals surface area (Å²) in [6, 6.07) is 24.7. The Bertz CT molecular complexity index is 1150. The predicted octanol–water partition coefficient (Wildman–Crippen LogP) is 3.97. The molecule has 1 amide bonds. The average Bonchev–Trinajstić information content (AvgIpc) is 2.82. The number of benzene rings is 3. The van der Waals surface area contributed by atoms with E-state index in [0.29, 0.717) is 18.0 Å². The third kappa shape index (κ3) is 4.47. The molecule has 0 aromatic heterocycles. The second kappa shape index (κ2) is 9.27. The molecule has 0 radical (unpaired) electrons. The van der Waals surface area contributed by atoms with Gasteiger partial charge in [-0.05, 0) is 48.2 Å². The molecule has 1 saturated heterocycles. The Hall–Kier alpha value is -2.96. The Morgan fingerprint density at radius 3 is 1.78 bits per heavy atom. The lowest BCUT2D eigenvalue weighted by molar-refractivity contribution is -0.133. The van der Waals surface area contributed by atoms with Gasteiger partial charge in [0.2, 0.25) is 15.9 Å². The van der Waals surface area contributed by atoms with Crippen molar-refractivity contribution in [3.8, 4) is 0 Å². The minimum Gasteiger partial charge on any atom is -0.339 e. The molecular weight excluding hydrogens is 420 g/mol. The standard InChI is InChI=1S/C26H28N2O3S/c1-20-13-14-24(19-21(20)2)32(30,31)28-17-15-27(16-18-28)26(29)25(22-9-5-3-6-10-22)23-11-7-4-8-12-23/h3-14,19,25H,15-18H2,1-2H3. The molecule has 5 nitrogen and oxygen atoms in total. The van der Waals surface area contributed by atoms with Crippen molar-refractivity contribution in [2.75, 3.05) is 26.2 Å². The van der Waals surface area contributed by atoms with Gasteiger partial charge in [-0.2, -0.15) is 4.31 Å². The van der Waals surface area contributed by atoms with E-state index < -0.39 is 15.9 Å². The van der Waals surface area contributed by atoms with Gasteiger partial charge in [0.05, 0.1) is 10.8 Å². The monoisotopic (exact) mass is 448 g/mol. The molecule has 0 aliphatic carbocycles. The fourth-order valence-corrected chi connectivity index (χ4v) is 5.63. The summed E-state index contributed by atoms with van der Waals surface area (Å²) < 4.78 is 27.7. The molecule has 0 spiro atoms. The summed E-state index contributed by atoms with van der Waals surface area (Å²) >= 11 is 0. The molecule has 3 aromatic carbocycles. The third-order valence-corrected chi connectivity index (χ3v) is 8.07. The molecule has 0 bridgehead atoms. The van der Waals surface area contributed by atoms with Crippen LogP contribution in [-0.2, 0) is 14.8 Å². The lowest BCUT2D eigenvalue weighted by atomic mass is 9.90. The first-order valence-corrected chi connectivity index (χ1v) is 12.3. The van der Waals surface area contributed by atoms with Crippen molar-refractivity contribution in [3.05, 3.63) is 101 Å². The number of piperazine rings is 1. The quantitative estimate of drug-likeness (QED) is 0.594. The number of hydrogen-bond acceptors (Lipinski definition) is 3. The van der Waals surface area contributed by atoms with E-state index in [0.717, 1.165) is 22.3 Å². The van der Waals surface area contributed by atoms with Gasteiger partial charge >= 0.3 is 0 Å². The highest BCUT2D eigenvalue weighted by atomic mass is 32.2. The molecule has 4 rings (SSSR count). The summed E-state index contributed by atoms with van der Waals surface area (Å²) in [6.45, 7) is 5.21. The highest BCUT2D eigenvalue weighted by molar-refractivity contribution is 7.89. The van der Waals surface area contributed by atoms with Crippen molar-refractivity contribution in [1.82, 2.24) is 9.21 Å². The van der Waals surface area contributed by atoms with E-state index in [1.54, 1.807) is 17.0 Å². The summed E-state index contributed by atoms with van der Waals surface area (Å²) in [5, 5.41) is 0. The summed E-state index contributed by atoms with van der Waals surface area (Å²) in [6.07, 6.45) is 0. The number of nitrogens with zero attached hydrogens (tertiary/aromatic N) is 2. The van der Waals surface area contributed by atoms with Crippen LogP contribution in [0.4, 0.5) is 0 Å². The van der Waals surface area contributed by atoms with Crippen molar-refractivity contribution in [2.24, 2.45) is 0 Å². The molecule has 0 unspecified atom stereocenters. The Labute approximate surface area is 190 Å². The molecule has 6 heteroatoms. The van der Waals surface area contributed by atoms with E-state index >= 15 is 0 Å². The number of sulfonamides is 1. The zero-order valence-electron chi connectivity index (χ0n) is 18.4. The maximum atomic E-state index is 13.6. The van der Waals surface area contributed by atoms with E-state index in [-0.39, 0.29) is 19.0 Å². The lowest BCUT2D eigenvalue weighted by Gasteiger charge is -2.36. The topological polar surface area (TPSA) is 57.7 Å². The third-order valence-electron chi connectivity index (χ3n) is 6.18. The first-order chi connectivity index (χ1) is 15.4. The summed E-state index contributed by atoms with van der Waals surface area (Å²) in [4.78, 5) is 15.7. The second-order valence-electron chi connectivity index (χ2n) is 8.23. The van der Waals surface area contributed by atoms with Crippen LogP contribution in [0.5, 0.6) is 0 Å². The predicted molar refractivity (Wildman–Crippen MR) is 126 cm³/mol. The molecule has 0 N–H and O–H groups in total. The van der Waals surface area contributed by atoms with Crippen molar-refractivity contribution < 1.29 is 13.2 Å². The molecule has 3 aromatic rings. The minimum absolute atomic E-state index is 0.00521. The lowest BCUT2D eigenvalue weighted by Crippen LogP contribution is -2.51. The van der Waals surface area contributed by atoms with Crippen LogP contribution in [0.15, 0.2) is 83.8 Å². The van der Waals surface area contributed by atoms with E-state index in [1.165, 1.54) is 4.31 Å². The van der Waals surface area contributed by atoms with Crippen LogP contribution < -0.4 is 0 Å². The normalized spacial score (nSPS) is 15.2. The number of carbonyl (C=O) groups excluding carboxylic acids is 1. The summed E-state index contributed by atoms with van der Waals surface area (Å²) in [7, 11) is -3.58. The molecule has 166 valence electrons.